The Labute approximate surface area is 107 Å². The quantitative estimate of drug-likeness (QED) is 0.769. The lowest BCUT2D eigenvalue weighted by molar-refractivity contribution is -0.144. The second kappa shape index (κ2) is 5.83. The minimum atomic E-state index is -0.238. The number of hydrogen-bond donors (Lipinski definition) is 0. The zero-order valence-electron chi connectivity index (χ0n) is 10.8. The Kier molecular flexibility index (Phi) is 4.15. The first kappa shape index (κ1) is 12.8. The van der Waals surface area contributed by atoms with Gasteiger partial charge in [0.1, 0.15) is 6.10 Å². The van der Waals surface area contributed by atoms with E-state index < -0.39 is 0 Å². The van der Waals surface area contributed by atoms with Crippen molar-refractivity contribution >= 4 is 11.5 Å². The number of ether oxygens (including phenoxy) is 2. The van der Waals surface area contributed by atoms with Gasteiger partial charge in [0.2, 0.25) is 0 Å². The molecule has 1 aliphatic carbocycles. The van der Waals surface area contributed by atoms with E-state index in [2.05, 4.69) is 6.08 Å². The van der Waals surface area contributed by atoms with Crippen molar-refractivity contribution in [3.8, 4) is 0 Å². The van der Waals surface area contributed by atoms with Gasteiger partial charge in [-0.1, -0.05) is 30.3 Å². The number of rotatable bonds is 3. The number of carbonyl (C=O) groups is 1. The minimum absolute atomic E-state index is 0.104. The van der Waals surface area contributed by atoms with E-state index in [0.29, 0.717) is 0 Å². The molecule has 18 heavy (non-hydrogen) atoms. The van der Waals surface area contributed by atoms with E-state index in [1.165, 1.54) is 6.92 Å². The van der Waals surface area contributed by atoms with Gasteiger partial charge >= 0.3 is 5.97 Å². The van der Waals surface area contributed by atoms with Crippen LogP contribution < -0.4 is 0 Å². The summed E-state index contributed by atoms with van der Waals surface area (Å²) in [7, 11) is 1.70. The summed E-state index contributed by atoms with van der Waals surface area (Å²) in [6.07, 6.45) is 3.69. The lowest BCUT2D eigenvalue weighted by Crippen LogP contribution is -2.26. The van der Waals surface area contributed by atoms with Gasteiger partial charge in [-0.15, -0.1) is 0 Å². The van der Waals surface area contributed by atoms with Crippen molar-refractivity contribution in [2.45, 2.75) is 32.0 Å². The molecule has 0 unspecified atom stereocenters. The number of benzene rings is 1. The van der Waals surface area contributed by atoms with Gasteiger partial charge in [0, 0.05) is 14.0 Å². The van der Waals surface area contributed by atoms with E-state index in [9.17, 15) is 4.79 Å². The molecule has 0 aliphatic heterocycles. The van der Waals surface area contributed by atoms with Gasteiger partial charge < -0.3 is 9.47 Å². The van der Waals surface area contributed by atoms with Crippen LogP contribution in [0.1, 0.15) is 25.3 Å². The second-order valence-corrected chi connectivity index (χ2v) is 4.44. The number of esters is 1. The zero-order chi connectivity index (χ0) is 13.0. The molecule has 1 aromatic carbocycles. The van der Waals surface area contributed by atoms with Crippen LogP contribution in [0.4, 0.5) is 0 Å². The van der Waals surface area contributed by atoms with E-state index in [1.54, 1.807) is 7.11 Å². The third kappa shape index (κ3) is 2.99. The average Bonchev–Trinajstić information content (AvgIpc) is 2.39. The van der Waals surface area contributed by atoms with Crippen molar-refractivity contribution in [3.63, 3.8) is 0 Å². The van der Waals surface area contributed by atoms with Crippen LogP contribution in [0.25, 0.3) is 5.57 Å². The van der Waals surface area contributed by atoms with Crippen LogP contribution in [0, 0.1) is 0 Å². The fourth-order valence-corrected chi connectivity index (χ4v) is 2.28. The largest absolute Gasteiger partial charge is 0.458 e. The van der Waals surface area contributed by atoms with Gasteiger partial charge in [-0.2, -0.15) is 0 Å². The molecular formula is C15H18O3. The molecule has 0 radical (unpaired) electrons. The maximum absolute atomic E-state index is 11.2. The van der Waals surface area contributed by atoms with Crippen molar-refractivity contribution in [3.05, 3.63) is 42.0 Å². The summed E-state index contributed by atoms with van der Waals surface area (Å²) in [5, 5.41) is 0. The summed E-state index contributed by atoms with van der Waals surface area (Å²) >= 11 is 0. The molecule has 1 aliphatic rings. The summed E-state index contributed by atoms with van der Waals surface area (Å²) in [5.41, 5.74) is 2.13. The monoisotopic (exact) mass is 246 g/mol. The fourth-order valence-electron chi connectivity index (χ4n) is 2.28. The van der Waals surface area contributed by atoms with Crippen molar-refractivity contribution in [1.29, 1.82) is 0 Å². The summed E-state index contributed by atoms with van der Waals surface area (Å²) in [6.45, 7) is 1.45. The molecule has 3 heteroatoms. The molecule has 3 nitrogen and oxygen atoms in total. The van der Waals surface area contributed by atoms with Crippen molar-refractivity contribution < 1.29 is 14.3 Å². The molecule has 1 aromatic rings. The molecule has 0 fully saturated rings. The van der Waals surface area contributed by atoms with Crippen LogP contribution in [0.5, 0.6) is 0 Å². The first-order chi connectivity index (χ1) is 8.70. The van der Waals surface area contributed by atoms with Gasteiger partial charge in [-0.05, 0) is 30.1 Å². The van der Waals surface area contributed by atoms with Gasteiger partial charge in [-0.25, -0.2) is 0 Å². The van der Waals surface area contributed by atoms with E-state index >= 15 is 0 Å². The third-order valence-electron chi connectivity index (χ3n) is 3.14. The van der Waals surface area contributed by atoms with Crippen LogP contribution in [-0.2, 0) is 14.3 Å². The number of methoxy groups -OCH3 is 1. The molecule has 2 atom stereocenters. The molecule has 2 rings (SSSR count). The van der Waals surface area contributed by atoms with Crippen molar-refractivity contribution in [2.24, 2.45) is 0 Å². The Morgan fingerprint density at radius 2 is 1.94 bits per heavy atom. The Balaban J connectivity index is 2.29. The van der Waals surface area contributed by atoms with Crippen LogP contribution in [0.15, 0.2) is 36.4 Å². The Bertz CT molecular complexity index is 436. The highest BCUT2D eigenvalue weighted by molar-refractivity contribution is 5.74. The predicted molar refractivity (Wildman–Crippen MR) is 70.0 cm³/mol. The van der Waals surface area contributed by atoms with E-state index in [-0.39, 0.29) is 18.2 Å². The molecule has 0 spiro atoms. The normalized spacial score (nSPS) is 23.3. The predicted octanol–water partition coefficient (Wildman–Crippen LogP) is 2.81. The zero-order valence-corrected chi connectivity index (χ0v) is 10.8. The van der Waals surface area contributed by atoms with Crippen molar-refractivity contribution in [1.82, 2.24) is 0 Å². The summed E-state index contributed by atoms with van der Waals surface area (Å²) in [5.74, 6) is -0.238. The first-order valence-electron chi connectivity index (χ1n) is 6.18. The van der Waals surface area contributed by atoms with Gasteiger partial charge in [0.15, 0.2) is 0 Å². The van der Waals surface area contributed by atoms with Crippen molar-refractivity contribution in [2.75, 3.05) is 7.11 Å². The highest BCUT2D eigenvalue weighted by Gasteiger charge is 2.25. The SMILES string of the molecule is CO[C@H]1C=C(c2ccccc2)[C@H](OC(C)=O)CC1. The molecule has 0 heterocycles. The first-order valence-corrected chi connectivity index (χ1v) is 6.18. The molecule has 0 aromatic heterocycles. The Morgan fingerprint density at radius 1 is 1.22 bits per heavy atom. The second-order valence-electron chi connectivity index (χ2n) is 4.44. The molecule has 0 amide bonds. The lowest BCUT2D eigenvalue weighted by Gasteiger charge is -2.28. The average molecular weight is 246 g/mol. The molecule has 96 valence electrons. The molecule has 0 saturated carbocycles. The Morgan fingerprint density at radius 3 is 2.56 bits per heavy atom. The maximum atomic E-state index is 11.2. The fraction of sp³-hybridized carbons (Fsp3) is 0.400. The van der Waals surface area contributed by atoms with Crippen LogP contribution in [-0.4, -0.2) is 25.3 Å². The van der Waals surface area contributed by atoms with Gasteiger partial charge in [0.05, 0.1) is 6.10 Å². The van der Waals surface area contributed by atoms with E-state index in [4.69, 9.17) is 9.47 Å². The van der Waals surface area contributed by atoms with Crippen LogP contribution >= 0.6 is 0 Å². The maximum Gasteiger partial charge on any atom is 0.303 e. The highest BCUT2D eigenvalue weighted by atomic mass is 16.5. The minimum Gasteiger partial charge on any atom is -0.458 e. The van der Waals surface area contributed by atoms with E-state index in [1.807, 2.05) is 30.3 Å². The number of hydrogen-bond acceptors (Lipinski definition) is 3. The molecule has 0 saturated heterocycles. The molecular weight excluding hydrogens is 228 g/mol. The van der Waals surface area contributed by atoms with E-state index in [0.717, 1.165) is 24.0 Å². The Hall–Kier alpha value is -1.61. The topological polar surface area (TPSA) is 35.5 Å². The molecule has 0 bridgehead atoms. The highest BCUT2D eigenvalue weighted by Crippen LogP contribution is 2.30. The summed E-state index contributed by atoms with van der Waals surface area (Å²) < 4.78 is 10.8. The third-order valence-corrected chi connectivity index (χ3v) is 3.14. The van der Waals surface area contributed by atoms with Crippen LogP contribution in [0.3, 0.4) is 0 Å². The van der Waals surface area contributed by atoms with Gasteiger partial charge in [-0.3, -0.25) is 4.79 Å². The molecule has 0 N–H and O–H groups in total. The number of carbonyl (C=O) groups excluding carboxylic acids is 1. The summed E-state index contributed by atoms with van der Waals surface area (Å²) in [4.78, 5) is 11.2. The standard InChI is InChI=1S/C15H18O3/c1-11(16)18-15-9-8-13(17-2)10-14(15)12-6-4-3-5-7-12/h3-7,10,13,15H,8-9H2,1-2H3/t13-,15-/m1/s1. The van der Waals surface area contributed by atoms with Crippen LogP contribution in [0.2, 0.25) is 0 Å². The lowest BCUT2D eigenvalue weighted by atomic mass is 9.89. The van der Waals surface area contributed by atoms with Gasteiger partial charge in [0.25, 0.3) is 0 Å². The summed E-state index contributed by atoms with van der Waals surface area (Å²) in [6, 6.07) is 10.00. The smallest absolute Gasteiger partial charge is 0.303 e.